The molecule has 0 radical (unpaired) electrons. The quantitative estimate of drug-likeness (QED) is 0.942. The number of ether oxygens (including phenoxy) is 2. The van der Waals surface area contributed by atoms with Crippen LogP contribution in [0.3, 0.4) is 0 Å². The van der Waals surface area contributed by atoms with E-state index in [1.54, 1.807) is 0 Å². The molecule has 0 bridgehead atoms. The highest BCUT2D eigenvalue weighted by Gasteiger charge is 2.47. The number of likely N-dealkylation sites (tertiary alicyclic amines) is 1. The summed E-state index contributed by atoms with van der Waals surface area (Å²) in [6, 6.07) is 8.64. The standard InChI is InChI=1S/C17H22N2O2/c1-20-14-6-8-21-17(9-14)11-19(12-17)10-13-3-2-4-16-15(13)5-7-18-16/h2-5,7,14,18H,6,8-12H2,1H3/t14-/m0/s1. The second-order valence-electron chi connectivity index (χ2n) is 6.38. The van der Waals surface area contributed by atoms with Crippen LogP contribution in [0, 0.1) is 0 Å². The molecule has 3 heterocycles. The topological polar surface area (TPSA) is 37.5 Å². The Balaban J connectivity index is 1.43. The molecule has 1 atom stereocenters. The molecule has 0 amide bonds. The summed E-state index contributed by atoms with van der Waals surface area (Å²) in [6.07, 6.45) is 4.45. The Morgan fingerprint density at radius 3 is 3.14 bits per heavy atom. The van der Waals surface area contributed by atoms with E-state index in [1.807, 2.05) is 13.3 Å². The first-order valence-corrected chi connectivity index (χ1v) is 7.72. The second kappa shape index (κ2) is 5.13. The van der Waals surface area contributed by atoms with Crippen molar-refractivity contribution in [2.45, 2.75) is 31.1 Å². The number of aromatic nitrogens is 1. The number of rotatable bonds is 3. The maximum atomic E-state index is 6.05. The molecule has 0 aliphatic carbocycles. The van der Waals surface area contributed by atoms with E-state index in [1.165, 1.54) is 16.5 Å². The molecule has 1 aromatic carbocycles. The third kappa shape index (κ3) is 2.37. The SMILES string of the molecule is CO[C@H]1CCOC2(C1)CN(Cc1cccc3[nH]ccc13)C2. The summed E-state index contributed by atoms with van der Waals surface area (Å²) in [5.41, 5.74) is 2.66. The van der Waals surface area contributed by atoms with Crippen molar-refractivity contribution in [3.8, 4) is 0 Å². The van der Waals surface area contributed by atoms with Crippen LogP contribution in [0.15, 0.2) is 30.5 Å². The maximum absolute atomic E-state index is 6.05. The lowest BCUT2D eigenvalue weighted by molar-refractivity contribution is -0.195. The summed E-state index contributed by atoms with van der Waals surface area (Å²) in [5, 5.41) is 1.33. The lowest BCUT2D eigenvalue weighted by atomic mass is 9.84. The van der Waals surface area contributed by atoms with E-state index in [0.717, 1.165) is 39.1 Å². The van der Waals surface area contributed by atoms with Gasteiger partial charge in [-0.1, -0.05) is 12.1 Å². The van der Waals surface area contributed by atoms with Crippen LogP contribution in [-0.2, 0) is 16.0 Å². The van der Waals surface area contributed by atoms with Crippen molar-refractivity contribution in [2.24, 2.45) is 0 Å². The molecule has 1 spiro atoms. The molecule has 2 aliphatic rings. The van der Waals surface area contributed by atoms with Gasteiger partial charge in [0.2, 0.25) is 0 Å². The Bertz CT molecular complexity index is 631. The molecule has 1 aromatic heterocycles. The summed E-state index contributed by atoms with van der Waals surface area (Å²) in [5.74, 6) is 0. The lowest BCUT2D eigenvalue weighted by Gasteiger charge is -2.53. The molecule has 0 saturated carbocycles. The van der Waals surface area contributed by atoms with Crippen LogP contribution in [0.25, 0.3) is 10.9 Å². The Morgan fingerprint density at radius 2 is 2.29 bits per heavy atom. The van der Waals surface area contributed by atoms with Gasteiger partial charge in [0.05, 0.1) is 11.7 Å². The predicted octanol–water partition coefficient (Wildman–Crippen LogP) is 2.55. The van der Waals surface area contributed by atoms with E-state index < -0.39 is 0 Å². The normalized spacial score (nSPS) is 25.3. The minimum absolute atomic E-state index is 0.0466. The number of hydrogen-bond donors (Lipinski definition) is 1. The zero-order valence-corrected chi connectivity index (χ0v) is 12.5. The van der Waals surface area contributed by atoms with Crippen LogP contribution >= 0.6 is 0 Å². The van der Waals surface area contributed by atoms with Crippen molar-refractivity contribution < 1.29 is 9.47 Å². The van der Waals surface area contributed by atoms with Crippen molar-refractivity contribution in [3.63, 3.8) is 0 Å². The first-order valence-electron chi connectivity index (χ1n) is 7.72. The highest BCUT2D eigenvalue weighted by Crippen LogP contribution is 2.36. The average Bonchev–Trinajstić information content (AvgIpc) is 2.95. The van der Waals surface area contributed by atoms with Gasteiger partial charge in [0.1, 0.15) is 0 Å². The van der Waals surface area contributed by atoms with E-state index in [2.05, 4.69) is 34.1 Å². The molecule has 4 nitrogen and oxygen atoms in total. The van der Waals surface area contributed by atoms with Crippen LogP contribution in [0.1, 0.15) is 18.4 Å². The molecular weight excluding hydrogens is 264 g/mol. The molecule has 0 unspecified atom stereocenters. The fourth-order valence-electron chi connectivity index (χ4n) is 3.81. The minimum Gasteiger partial charge on any atom is -0.381 e. The first-order chi connectivity index (χ1) is 10.3. The van der Waals surface area contributed by atoms with Crippen molar-refractivity contribution in [1.82, 2.24) is 9.88 Å². The van der Waals surface area contributed by atoms with E-state index >= 15 is 0 Å². The summed E-state index contributed by atoms with van der Waals surface area (Å²) < 4.78 is 11.6. The van der Waals surface area contributed by atoms with Crippen LogP contribution in [0.5, 0.6) is 0 Å². The highest BCUT2D eigenvalue weighted by molar-refractivity contribution is 5.82. The van der Waals surface area contributed by atoms with Crippen molar-refractivity contribution in [2.75, 3.05) is 26.8 Å². The van der Waals surface area contributed by atoms with E-state index in [9.17, 15) is 0 Å². The third-order valence-corrected chi connectivity index (χ3v) is 4.88. The number of nitrogens with one attached hydrogen (secondary N) is 1. The predicted molar refractivity (Wildman–Crippen MR) is 82.3 cm³/mol. The van der Waals surface area contributed by atoms with Gasteiger partial charge in [-0.05, 0) is 24.1 Å². The van der Waals surface area contributed by atoms with Gasteiger partial charge < -0.3 is 14.5 Å². The van der Waals surface area contributed by atoms with Gasteiger partial charge in [0, 0.05) is 56.9 Å². The van der Waals surface area contributed by atoms with Crippen LogP contribution in [0.2, 0.25) is 0 Å². The molecule has 21 heavy (non-hydrogen) atoms. The number of aromatic amines is 1. The minimum atomic E-state index is 0.0466. The Labute approximate surface area is 125 Å². The van der Waals surface area contributed by atoms with Gasteiger partial charge in [-0.25, -0.2) is 0 Å². The number of fused-ring (bicyclic) bond motifs is 1. The first kappa shape index (κ1) is 13.3. The molecule has 2 saturated heterocycles. The molecular formula is C17H22N2O2. The van der Waals surface area contributed by atoms with E-state index in [-0.39, 0.29) is 5.60 Å². The Morgan fingerprint density at radius 1 is 1.38 bits per heavy atom. The molecule has 1 N–H and O–H groups in total. The third-order valence-electron chi connectivity index (χ3n) is 4.88. The fourth-order valence-corrected chi connectivity index (χ4v) is 3.81. The Kier molecular flexibility index (Phi) is 3.25. The zero-order chi connectivity index (χ0) is 14.3. The van der Waals surface area contributed by atoms with Crippen molar-refractivity contribution >= 4 is 10.9 Å². The number of hydrogen-bond acceptors (Lipinski definition) is 3. The maximum Gasteiger partial charge on any atom is 0.0959 e. The molecule has 2 aromatic rings. The van der Waals surface area contributed by atoms with Gasteiger partial charge in [0.15, 0.2) is 0 Å². The monoisotopic (exact) mass is 286 g/mol. The molecule has 4 heteroatoms. The van der Waals surface area contributed by atoms with E-state index in [4.69, 9.17) is 9.47 Å². The molecule has 2 fully saturated rings. The second-order valence-corrected chi connectivity index (χ2v) is 6.38. The number of methoxy groups -OCH3 is 1. The van der Waals surface area contributed by atoms with Gasteiger partial charge >= 0.3 is 0 Å². The van der Waals surface area contributed by atoms with Gasteiger partial charge in [-0.15, -0.1) is 0 Å². The Hall–Kier alpha value is -1.36. The van der Waals surface area contributed by atoms with Crippen molar-refractivity contribution in [3.05, 3.63) is 36.0 Å². The average molecular weight is 286 g/mol. The van der Waals surface area contributed by atoms with Crippen LogP contribution in [-0.4, -0.2) is 48.4 Å². The zero-order valence-electron chi connectivity index (χ0n) is 12.5. The fraction of sp³-hybridized carbons (Fsp3) is 0.529. The summed E-state index contributed by atoms with van der Waals surface area (Å²) in [4.78, 5) is 5.75. The van der Waals surface area contributed by atoms with E-state index in [0.29, 0.717) is 6.10 Å². The molecule has 112 valence electrons. The summed E-state index contributed by atoms with van der Waals surface area (Å²) in [7, 11) is 1.81. The number of H-pyrrole nitrogens is 1. The largest absolute Gasteiger partial charge is 0.381 e. The van der Waals surface area contributed by atoms with Crippen molar-refractivity contribution in [1.29, 1.82) is 0 Å². The van der Waals surface area contributed by atoms with Gasteiger partial charge in [0.25, 0.3) is 0 Å². The smallest absolute Gasteiger partial charge is 0.0959 e. The number of benzene rings is 1. The number of nitrogens with zero attached hydrogens (tertiary/aromatic N) is 1. The highest BCUT2D eigenvalue weighted by atomic mass is 16.5. The molecule has 4 rings (SSSR count). The van der Waals surface area contributed by atoms with Crippen LogP contribution < -0.4 is 0 Å². The van der Waals surface area contributed by atoms with Gasteiger partial charge in [-0.2, -0.15) is 0 Å². The summed E-state index contributed by atoms with van der Waals surface area (Å²) in [6.45, 7) is 3.87. The van der Waals surface area contributed by atoms with Gasteiger partial charge in [-0.3, -0.25) is 4.90 Å². The van der Waals surface area contributed by atoms with Crippen LogP contribution in [0.4, 0.5) is 0 Å². The summed E-state index contributed by atoms with van der Waals surface area (Å²) >= 11 is 0. The lowest BCUT2D eigenvalue weighted by Crippen LogP contribution is -2.65. The molecule has 2 aliphatic heterocycles.